The van der Waals surface area contributed by atoms with E-state index in [4.69, 9.17) is 5.26 Å². The Morgan fingerprint density at radius 1 is 1.38 bits per heavy atom. The largest absolute Gasteiger partial charge is 0.387 e. The number of hydrogen-bond acceptors (Lipinski definition) is 4. The summed E-state index contributed by atoms with van der Waals surface area (Å²) in [5.74, 6) is 0.447. The lowest BCUT2D eigenvalue weighted by Crippen LogP contribution is -2.63. The number of nitrogens with zero attached hydrogens (tertiary/aromatic N) is 2. The predicted molar refractivity (Wildman–Crippen MR) is 78.5 cm³/mol. The zero-order valence-corrected chi connectivity index (χ0v) is 11.9. The van der Waals surface area contributed by atoms with E-state index in [9.17, 15) is 9.90 Å². The van der Waals surface area contributed by atoms with Gasteiger partial charge in [0.25, 0.3) is 0 Å². The molecule has 5 nitrogen and oxygen atoms in total. The Morgan fingerprint density at radius 2 is 2.05 bits per heavy atom. The summed E-state index contributed by atoms with van der Waals surface area (Å²) < 4.78 is 0. The van der Waals surface area contributed by atoms with Crippen molar-refractivity contribution < 1.29 is 9.90 Å². The number of anilines is 1. The summed E-state index contributed by atoms with van der Waals surface area (Å²) in [5.41, 5.74) is 0.800. The second-order valence-electron chi connectivity index (χ2n) is 6.08. The van der Waals surface area contributed by atoms with E-state index in [1.807, 2.05) is 6.07 Å². The zero-order chi connectivity index (χ0) is 14.9. The smallest absolute Gasteiger partial charge is 0.225 e. The van der Waals surface area contributed by atoms with E-state index < -0.39 is 5.60 Å². The molecule has 0 atom stereocenters. The number of aliphatic hydroxyl groups is 1. The minimum absolute atomic E-state index is 0.0402. The molecule has 5 heteroatoms. The molecule has 2 fully saturated rings. The lowest BCUT2D eigenvalue weighted by Gasteiger charge is -2.47. The molecule has 1 aromatic rings. The molecule has 0 unspecified atom stereocenters. The standard InChI is InChI=1S/C16H19N3O2/c17-9-12-1-5-14(6-2-12)18-15(20)7-8-19-10-16(21,11-19)13-3-4-13/h1-2,5-6,13,21H,3-4,7-8,10-11H2,(H,18,20). The molecule has 2 N–H and O–H groups in total. The molecule has 0 radical (unpaired) electrons. The van der Waals surface area contributed by atoms with Crippen LogP contribution < -0.4 is 5.32 Å². The van der Waals surface area contributed by atoms with Gasteiger partial charge in [0.05, 0.1) is 17.2 Å². The van der Waals surface area contributed by atoms with Crippen LogP contribution in [0.25, 0.3) is 0 Å². The Balaban J connectivity index is 1.39. The van der Waals surface area contributed by atoms with Gasteiger partial charge in [0.1, 0.15) is 0 Å². The van der Waals surface area contributed by atoms with Gasteiger partial charge in [-0.05, 0) is 43.0 Å². The SMILES string of the molecule is N#Cc1ccc(NC(=O)CCN2CC(O)(C3CC3)C2)cc1. The average Bonchev–Trinajstić information content (AvgIpc) is 3.28. The summed E-state index contributed by atoms with van der Waals surface area (Å²) in [5, 5.41) is 21.7. The van der Waals surface area contributed by atoms with Crippen molar-refractivity contribution >= 4 is 11.6 Å². The van der Waals surface area contributed by atoms with Crippen molar-refractivity contribution in [3.05, 3.63) is 29.8 Å². The quantitative estimate of drug-likeness (QED) is 0.856. The van der Waals surface area contributed by atoms with E-state index in [2.05, 4.69) is 10.2 Å². The third kappa shape index (κ3) is 3.23. The molecule has 1 saturated heterocycles. The number of carbonyl (C=O) groups excluding carboxylic acids is 1. The van der Waals surface area contributed by atoms with Gasteiger partial charge in [-0.15, -0.1) is 0 Å². The number of likely N-dealkylation sites (tertiary alicyclic amines) is 1. The van der Waals surface area contributed by atoms with Crippen LogP contribution in [0, 0.1) is 17.2 Å². The van der Waals surface area contributed by atoms with E-state index in [0.717, 1.165) is 12.8 Å². The summed E-state index contributed by atoms with van der Waals surface area (Å²) in [6.45, 7) is 2.07. The molecule has 1 amide bonds. The van der Waals surface area contributed by atoms with E-state index in [0.29, 0.717) is 43.2 Å². The molecular weight excluding hydrogens is 266 g/mol. The summed E-state index contributed by atoms with van der Waals surface area (Å²) in [6.07, 6.45) is 2.70. The highest BCUT2D eigenvalue weighted by Crippen LogP contribution is 2.44. The first-order chi connectivity index (χ1) is 10.1. The number of nitrogens with one attached hydrogen (secondary N) is 1. The van der Waals surface area contributed by atoms with Gasteiger partial charge in [-0.3, -0.25) is 9.69 Å². The highest BCUT2D eigenvalue weighted by molar-refractivity contribution is 5.90. The molecule has 1 aliphatic heterocycles. The van der Waals surface area contributed by atoms with Crippen LogP contribution in [0.4, 0.5) is 5.69 Å². The van der Waals surface area contributed by atoms with Gasteiger partial charge in [-0.25, -0.2) is 0 Å². The Hall–Kier alpha value is -1.90. The number of amides is 1. The lowest BCUT2D eigenvalue weighted by molar-refractivity contribution is -0.124. The minimum Gasteiger partial charge on any atom is -0.387 e. The molecule has 0 bridgehead atoms. The lowest BCUT2D eigenvalue weighted by atomic mass is 9.88. The maximum atomic E-state index is 11.9. The second kappa shape index (κ2) is 5.47. The summed E-state index contributed by atoms with van der Waals surface area (Å²) in [7, 11) is 0. The molecule has 21 heavy (non-hydrogen) atoms. The molecule has 0 spiro atoms. The van der Waals surface area contributed by atoms with Gasteiger partial charge >= 0.3 is 0 Å². The molecule has 3 rings (SSSR count). The third-order valence-electron chi connectivity index (χ3n) is 4.28. The molecule has 1 heterocycles. The van der Waals surface area contributed by atoms with Crippen molar-refractivity contribution in [3.63, 3.8) is 0 Å². The highest BCUT2D eigenvalue weighted by atomic mass is 16.3. The maximum absolute atomic E-state index is 11.9. The Morgan fingerprint density at radius 3 is 2.62 bits per heavy atom. The molecule has 0 aromatic heterocycles. The number of hydrogen-bond donors (Lipinski definition) is 2. The van der Waals surface area contributed by atoms with Crippen molar-refractivity contribution in [1.82, 2.24) is 4.90 Å². The van der Waals surface area contributed by atoms with E-state index in [1.165, 1.54) is 0 Å². The average molecular weight is 285 g/mol. The zero-order valence-electron chi connectivity index (χ0n) is 11.9. The second-order valence-corrected chi connectivity index (χ2v) is 6.08. The molecule has 1 saturated carbocycles. The fourth-order valence-electron chi connectivity index (χ4n) is 2.88. The molecule has 1 aromatic carbocycles. The highest BCUT2D eigenvalue weighted by Gasteiger charge is 2.51. The predicted octanol–water partition coefficient (Wildman–Crippen LogP) is 1.34. The van der Waals surface area contributed by atoms with Gasteiger partial charge in [0, 0.05) is 31.7 Å². The normalized spacial score (nSPS) is 20.4. The first kappa shape index (κ1) is 14.1. The van der Waals surface area contributed by atoms with Crippen LogP contribution in [-0.2, 0) is 4.79 Å². The Labute approximate surface area is 124 Å². The first-order valence-electron chi connectivity index (χ1n) is 7.34. The van der Waals surface area contributed by atoms with Crippen LogP contribution in [0.3, 0.4) is 0 Å². The number of β-amino-alcohol motifs (C(OH)–C–C–N with tert-alkyl or cyclic N) is 1. The topological polar surface area (TPSA) is 76.4 Å². The summed E-state index contributed by atoms with van der Waals surface area (Å²) >= 11 is 0. The van der Waals surface area contributed by atoms with Crippen LogP contribution >= 0.6 is 0 Å². The van der Waals surface area contributed by atoms with Crippen molar-refractivity contribution in [2.45, 2.75) is 24.9 Å². The molecule has 2 aliphatic rings. The van der Waals surface area contributed by atoms with Crippen LogP contribution in [0.5, 0.6) is 0 Å². The molecule has 1 aliphatic carbocycles. The summed E-state index contributed by atoms with van der Waals surface area (Å²) in [6, 6.07) is 8.86. The maximum Gasteiger partial charge on any atom is 0.225 e. The number of nitriles is 1. The first-order valence-corrected chi connectivity index (χ1v) is 7.34. The molecule has 110 valence electrons. The van der Waals surface area contributed by atoms with Crippen LogP contribution in [-0.4, -0.2) is 41.1 Å². The van der Waals surface area contributed by atoms with Gasteiger partial charge < -0.3 is 10.4 Å². The van der Waals surface area contributed by atoms with Crippen molar-refractivity contribution in [1.29, 1.82) is 5.26 Å². The van der Waals surface area contributed by atoms with Gasteiger partial charge in [-0.1, -0.05) is 0 Å². The third-order valence-corrected chi connectivity index (χ3v) is 4.28. The number of rotatable bonds is 5. The van der Waals surface area contributed by atoms with E-state index in [-0.39, 0.29) is 5.91 Å². The van der Waals surface area contributed by atoms with Crippen molar-refractivity contribution in [3.8, 4) is 6.07 Å². The van der Waals surface area contributed by atoms with Crippen molar-refractivity contribution in [2.24, 2.45) is 5.92 Å². The number of carbonyl (C=O) groups is 1. The summed E-state index contributed by atoms with van der Waals surface area (Å²) in [4.78, 5) is 14.0. The van der Waals surface area contributed by atoms with Crippen molar-refractivity contribution in [2.75, 3.05) is 25.0 Å². The van der Waals surface area contributed by atoms with Gasteiger partial charge in [-0.2, -0.15) is 5.26 Å². The van der Waals surface area contributed by atoms with Crippen LogP contribution in [0.15, 0.2) is 24.3 Å². The molecular formula is C16H19N3O2. The van der Waals surface area contributed by atoms with E-state index in [1.54, 1.807) is 24.3 Å². The van der Waals surface area contributed by atoms with Crippen LogP contribution in [0.1, 0.15) is 24.8 Å². The monoisotopic (exact) mass is 285 g/mol. The van der Waals surface area contributed by atoms with Gasteiger partial charge in [0.15, 0.2) is 0 Å². The fourth-order valence-corrected chi connectivity index (χ4v) is 2.88. The minimum atomic E-state index is -0.483. The number of benzene rings is 1. The van der Waals surface area contributed by atoms with E-state index >= 15 is 0 Å². The van der Waals surface area contributed by atoms with Crippen LogP contribution in [0.2, 0.25) is 0 Å². The Bertz CT molecular complexity index is 566. The van der Waals surface area contributed by atoms with Gasteiger partial charge in [0.2, 0.25) is 5.91 Å². The fraction of sp³-hybridized carbons (Fsp3) is 0.500. The Kier molecular flexibility index (Phi) is 3.66.